The smallest absolute Gasteiger partial charge is 0.320 e. The minimum Gasteiger partial charge on any atom is -0.493 e. The largest absolute Gasteiger partial charge is 0.493 e. The van der Waals surface area contributed by atoms with Crippen molar-refractivity contribution in [2.45, 2.75) is 25.4 Å². The molecule has 1 aromatic carbocycles. The van der Waals surface area contributed by atoms with Gasteiger partial charge in [0.05, 0.1) is 14.2 Å². The Morgan fingerprint density at radius 2 is 2.11 bits per heavy atom. The molecule has 1 aliphatic rings. The van der Waals surface area contributed by atoms with Crippen LogP contribution in [0.25, 0.3) is 0 Å². The van der Waals surface area contributed by atoms with Gasteiger partial charge in [-0.3, -0.25) is 9.69 Å². The van der Waals surface area contributed by atoms with Crippen molar-refractivity contribution in [1.29, 1.82) is 0 Å². The maximum absolute atomic E-state index is 11.1. The zero-order valence-electron chi connectivity index (χ0n) is 11.3. The summed E-state index contributed by atoms with van der Waals surface area (Å²) in [6.45, 7) is 1.45. The topological polar surface area (TPSA) is 59.0 Å². The lowest BCUT2D eigenvalue weighted by Gasteiger charge is -2.21. The Kier molecular flexibility index (Phi) is 4.27. The molecule has 1 aliphatic heterocycles. The number of aliphatic carboxylic acids is 1. The minimum atomic E-state index is -0.738. The average Bonchev–Trinajstić information content (AvgIpc) is 2.87. The number of carbonyl (C=O) groups is 1. The molecule has 0 saturated carbocycles. The Hall–Kier alpha value is -1.75. The van der Waals surface area contributed by atoms with Crippen LogP contribution in [0.3, 0.4) is 0 Å². The van der Waals surface area contributed by atoms with Gasteiger partial charge in [0, 0.05) is 6.54 Å². The number of likely N-dealkylation sites (tertiary alicyclic amines) is 1. The zero-order chi connectivity index (χ0) is 13.8. The van der Waals surface area contributed by atoms with Gasteiger partial charge in [-0.2, -0.15) is 0 Å². The molecule has 1 aromatic rings. The van der Waals surface area contributed by atoms with E-state index in [4.69, 9.17) is 14.6 Å². The summed E-state index contributed by atoms with van der Waals surface area (Å²) < 4.78 is 10.4. The number of hydrogen-bond donors (Lipinski definition) is 1. The highest BCUT2D eigenvalue weighted by atomic mass is 16.5. The Morgan fingerprint density at radius 3 is 2.74 bits per heavy atom. The van der Waals surface area contributed by atoms with Crippen LogP contribution in [0.5, 0.6) is 11.5 Å². The maximum atomic E-state index is 11.1. The molecule has 0 radical (unpaired) electrons. The van der Waals surface area contributed by atoms with E-state index in [1.807, 2.05) is 23.1 Å². The summed E-state index contributed by atoms with van der Waals surface area (Å²) in [7, 11) is 3.19. The number of carboxylic acid groups (broad SMARTS) is 1. The Labute approximate surface area is 112 Å². The molecule has 104 valence electrons. The molecular weight excluding hydrogens is 246 g/mol. The number of benzene rings is 1. The van der Waals surface area contributed by atoms with Crippen molar-refractivity contribution in [3.8, 4) is 11.5 Å². The van der Waals surface area contributed by atoms with Crippen LogP contribution in [0, 0.1) is 0 Å². The fourth-order valence-corrected chi connectivity index (χ4v) is 2.51. The highest BCUT2D eigenvalue weighted by Crippen LogP contribution is 2.29. The molecule has 1 heterocycles. The second kappa shape index (κ2) is 5.93. The highest BCUT2D eigenvalue weighted by molar-refractivity contribution is 5.73. The Balaban J connectivity index is 2.12. The van der Waals surface area contributed by atoms with Crippen molar-refractivity contribution in [3.05, 3.63) is 23.8 Å². The molecular formula is C14H19NO4. The average molecular weight is 265 g/mol. The van der Waals surface area contributed by atoms with E-state index in [2.05, 4.69) is 0 Å². The zero-order valence-corrected chi connectivity index (χ0v) is 11.3. The molecule has 19 heavy (non-hydrogen) atoms. The van der Waals surface area contributed by atoms with Gasteiger partial charge in [-0.05, 0) is 37.1 Å². The summed E-state index contributed by atoms with van der Waals surface area (Å²) >= 11 is 0. The van der Waals surface area contributed by atoms with E-state index in [1.165, 1.54) is 0 Å². The fraction of sp³-hybridized carbons (Fsp3) is 0.500. The van der Waals surface area contributed by atoms with Crippen LogP contribution in [-0.2, 0) is 11.3 Å². The van der Waals surface area contributed by atoms with Gasteiger partial charge >= 0.3 is 5.97 Å². The standard InChI is InChI=1S/C14H19NO4/c1-18-12-6-5-10(8-13(12)19-2)9-15-7-3-4-11(15)14(16)17/h5-6,8,11H,3-4,7,9H2,1-2H3,(H,16,17). The van der Waals surface area contributed by atoms with Crippen molar-refractivity contribution >= 4 is 5.97 Å². The minimum absolute atomic E-state index is 0.368. The number of ether oxygens (including phenoxy) is 2. The molecule has 1 atom stereocenters. The Morgan fingerprint density at radius 1 is 1.37 bits per heavy atom. The lowest BCUT2D eigenvalue weighted by Crippen LogP contribution is -2.35. The first-order chi connectivity index (χ1) is 9.15. The molecule has 1 fully saturated rings. The van der Waals surface area contributed by atoms with Crippen LogP contribution in [0.15, 0.2) is 18.2 Å². The van der Waals surface area contributed by atoms with E-state index in [1.54, 1.807) is 14.2 Å². The summed E-state index contributed by atoms with van der Waals surface area (Å²) in [6.07, 6.45) is 1.66. The van der Waals surface area contributed by atoms with Gasteiger partial charge in [-0.15, -0.1) is 0 Å². The lowest BCUT2D eigenvalue weighted by atomic mass is 10.1. The fourth-order valence-electron chi connectivity index (χ4n) is 2.51. The SMILES string of the molecule is COc1ccc(CN2CCCC2C(=O)O)cc1OC. The van der Waals surface area contributed by atoms with Crippen molar-refractivity contribution in [2.24, 2.45) is 0 Å². The number of nitrogens with zero attached hydrogens (tertiary/aromatic N) is 1. The molecule has 1 N–H and O–H groups in total. The number of rotatable bonds is 5. The van der Waals surface area contributed by atoms with E-state index in [0.29, 0.717) is 18.0 Å². The van der Waals surface area contributed by atoms with Gasteiger partial charge in [0.1, 0.15) is 6.04 Å². The number of hydrogen-bond acceptors (Lipinski definition) is 4. The van der Waals surface area contributed by atoms with Crippen LogP contribution in [0.4, 0.5) is 0 Å². The van der Waals surface area contributed by atoms with Crippen LogP contribution >= 0.6 is 0 Å². The van der Waals surface area contributed by atoms with Gasteiger partial charge in [0.15, 0.2) is 11.5 Å². The van der Waals surface area contributed by atoms with Gasteiger partial charge < -0.3 is 14.6 Å². The van der Waals surface area contributed by atoms with E-state index < -0.39 is 5.97 Å². The van der Waals surface area contributed by atoms with E-state index in [9.17, 15) is 4.79 Å². The van der Waals surface area contributed by atoms with Crippen LogP contribution in [-0.4, -0.2) is 42.8 Å². The lowest BCUT2D eigenvalue weighted by molar-refractivity contribution is -0.142. The number of carboxylic acids is 1. The third-order valence-electron chi connectivity index (χ3n) is 3.48. The summed E-state index contributed by atoms with van der Waals surface area (Å²) in [5.74, 6) is 0.617. The second-order valence-electron chi connectivity index (χ2n) is 4.66. The van der Waals surface area contributed by atoms with Gasteiger partial charge in [-0.1, -0.05) is 6.07 Å². The molecule has 0 spiro atoms. The predicted octanol–water partition coefficient (Wildman–Crippen LogP) is 1.75. The van der Waals surface area contributed by atoms with E-state index in [0.717, 1.165) is 24.9 Å². The first-order valence-electron chi connectivity index (χ1n) is 6.33. The van der Waals surface area contributed by atoms with Gasteiger partial charge in [0.25, 0.3) is 0 Å². The van der Waals surface area contributed by atoms with Crippen LogP contribution < -0.4 is 9.47 Å². The monoisotopic (exact) mass is 265 g/mol. The predicted molar refractivity (Wildman–Crippen MR) is 70.6 cm³/mol. The summed E-state index contributed by atoms with van der Waals surface area (Å²) in [4.78, 5) is 13.1. The molecule has 0 aliphatic carbocycles. The third kappa shape index (κ3) is 2.98. The maximum Gasteiger partial charge on any atom is 0.320 e. The summed E-state index contributed by atoms with van der Waals surface area (Å²) in [5, 5.41) is 9.16. The molecule has 1 unspecified atom stereocenters. The van der Waals surface area contributed by atoms with Crippen LogP contribution in [0.1, 0.15) is 18.4 Å². The quantitative estimate of drug-likeness (QED) is 0.879. The molecule has 2 rings (SSSR count). The van der Waals surface area contributed by atoms with Gasteiger partial charge in [-0.25, -0.2) is 0 Å². The molecule has 0 amide bonds. The summed E-state index contributed by atoms with van der Waals surface area (Å²) in [5.41, 5.74) is 1.03. The molecule has 5 nitrogen and oxygen atoms in total. The first kappa shape index (κ1) is 13.7. The van der Waals surface area contributed by atoms with E-state index in [-0.39, 0.29) is 6.04 Å². The Bertz CT molecular complexity index is 461. The molecule has 0 aromatic heterocycles. The third-order valence-corrected chi connectivity index (χ3v) is 3.48. The summed E-state index contributed by atoms with van der Waals surface area (Å²) in [6, 6.07) is 5.32. The molecule has 5 heteroatoms. The van der Waals surface area contributed by atoms with Crippen molar-refractivity contribution in [3.63, 3.8) is 0 Å². The van der Waals surface area contributed by atoms with Crippen LogP contribution in [0.2, 0.25) is 0 Å². The van der Waals surface area contributed by atoms with Gasteiger partial charge in [0.2, 0.25) is 0 Å². The number of methoxy groups -OCH3 is 2. The highest BCUT2D eigenvalue weighted by Gasteiger charge is 2.30. The second-order valence-corrected chi connectivity index (χ2v) is 4.66. The van der Waals surface area contributed by atoms with Crippen molar-refractivity contribution in [2.75, 3.05) is 20.8 Å². The van der Waals surface area contributed by atoms with Crippen molar-refractivity contribution in [1.82, 2.24) is 4.90 Å². The van der Waals surface area contributed by atoms with E-state index >= 15 is 0 Å². The first-order valence-corrected chi connectivity index (χ1v) is 6.33. The normalized spacial score (nSPS) is 19.4. The van der Waals surface area contributed by atoms with Crippen molar-refractivity contribution < 1.29 is 19.4 Å². The molecule has 0 bridgehead atoms. The molecule has 1 saturated heterocycles.